The van der Waals surface area contributed by atoms with E-state index in [1.807, 2.05) is 29.2 Å². The van der Waals surface area contributed by atoms with E-state index in [0.29, 0.717) is 12.5 Å². The third-order valence-corrected chi connectivity index (χ3v) is 4.61. The van der Waals surface area contributed by atoms with Crippen molar-refractivity contribution in [2.45, 2.75) is 33.1 Å². The highest BCUT2D eigenvalue weighted by molar-refractivity contribution is 5.83. The van der Waals surface area contributed by atoms with Crippen LogP contribution in [0.3, 0.4) is 0 Å². The Kier molecular flexibility index (Phi) is 6.64. The number of ether oxygens (including phenoxy) is 1. The molecule has 1 unspecified atom stereocenters. The van der Waals surface area contributed by atoms with Crippen LogP contribution in [0.5, 0.6) is 5.75 Å². The molecule has 5 heteroatoms. The summed E-state index contributed by atoms with van der Waals surface area (Å²) in [5.41, 5.74) is 1.13. The molecule has 5 nitrogen and oxygen atoms in total. The lowest BCUT2D eigenvalue weighted by Crippen LogP contribution is -2.46. The number of nitrogens with zero attached hydrogens (tertiary/aromatic N) is 2. The highest BCUT2D eigenvalue weighted by Crippen LogP contribution is 2.16. The number of carbonyl (C=O) groups excluding carboxylic acids is 2. The number of hydrogen-bond acceptors (Lipinski definition) is 3. The zero-order valence-corrected chi connectivity index (χ0v) is 15.0. The molecule has 2 rings (SSSR count). The average Bonchev–Trinajstić information content (AvgIpc) is 2.58. The standard InChI is InChI=1S/C19H28N2O3/c1-15-5-4-11-21(13-15)19(23)14-20(16(2)22)12-10-17-6-8-18(24-3)9-7-17/h6-9,15H,4-5,10-14H2,1-3H3. The van der Waals surface area contributed by atoms with Crippen molar-refractivity contribution in [3.63, 3.8) is 0 Å². The van der Waals surface area contributed by atoms with Gasteiger partial charge in [-0.15, -0.1) is 0 Å². The van der Waals surface area contributed by atoms with Crippen molar-refractivity contribution in [1.29, 1.82) is 0 Å². The summed E-state index contributed by atoms with van der Waals surface area (Å²) in [6, 6.07) is 7.80. The van der Waals surface area contributed by atoms with E-state index in [1.54, 1.807) is 12.0 Å². The lowest BCUT2D eigenvalue weighted by molar-refractivity contribution is -0.140. The molecule has 1 aliphatic rings. The maximum atomic E-state index is 12.5. The van der Waals surface area contributed by atoms with Gasteiger partial charge in [0, 0.05) is 26.6 Å². The van der Waals surface area contributed by atoms with Gasteiger partial charge >= 0.3 is 0 Å². The van der Waals surface area contributed by atoms with Crippen LogP contribution < -0.4 is 4.74 Å². The van der Waals surface area contributed by atoms with Gasteiger partial charge in [0.15, 0.2) is 0 Å². The topological polar surface area (TPSA) is 49.9 Å². The minimum Gasteiger partial charge on any atom is -0.497 e. The second-order valence-electron chi connectivity index (χ2n) is 6.63. The molecule has 0 spiro atoms. The summed E-state index contributed by atoms with van der Waals surface area (Å²) in [4.78, 5) is 27.9. The summed E-state index contributed by atoms with van der Waals surface area (Å²) in [5.74, 6) is 1.37. The van der Waals surface area contributed by atoms with Crippen LogP contribution in [0, 0.1) is 5.92 Å². The Balaban J connectivity index is 1.88. The van der Waals surface area contributed by atoms with Crippen molar-refractivity contribution in [2.24, 2.45) is 5.92 Å². The molecular weight excluding hydrogens is 304 g/mol. The molecule has 1 aliphatic heterocycles. The molecular formula is C19H28N2O3. The van der Waals surface area contributed by atoms with Crippen molar-refractivity contribution >= 4 is 11.8 Å². The van der Waals surface area contributed by atoms with Crippen molar-refractivity contribution in [1.82, 2.24) is 9.80 Å². The molecule has 0 radical (unpaired) electrons. The lowest BCUT2D eigenvalue weighted by atomic mass is 10.0. The second-order valence-corrected chi connectivity index (χ2v) is 6.63. The molecule has 0 saturated carbocycles. The van der Waals surface area contributed by atoms with Gasteiger partial charge in [-0.2, -0.15) is 0 Å². The van der Waals surface area contributed by atoms with Gasteiger partial charge in [-0.25, -0.2) is 0 Å². The van der Waals surface area contributed by atoms with E-state index in [1.165, 1.54) is 13.3 Å². The van der Waals surface area contributed by atoms with Crippen LogP contribution in [0.4, 0.5) is 0 Å². The van der Waals surface area contributed by atoms with Gasteiger partial charge in [-0.3, -0.25) is 9.59 Å². The first-order valence-electron chi connectivity index (χ1n) is 8.66. The lowest BCUT2D eigenvalue weighted by Gasteiger charge is -2.32. The summed E-state index contributed by atoms with van der Waals surface area (Å²) < 4.78 is 5.15. The Morgan fingerprint density at radius 2 is 2.00 bits per heavy atom. The van der Waals surface area contributed by atoms with E-state index >= 15 is 0 Å². The van der Waals surface area contributed by atoms with Crippen molar-refractivity contribution < 1.29 is 14.3 Å². The SMILES string of the molecule is COc1ccc(CCN(CC(=O)N2CCCC(C)C2)C(C)=O)cc1. The minimum atomic E-state index is -0.0538. The Labute approximate surface area is 144 Å². The summed E-state index contributed by atoms with van der Waals surface area (Å²) >= 11 is 0. The number of rotatable bonds is 6. The predicted octanol–water partition coefficient (Wildman–Crippen LogP) is 2.34. The van der Waals surface area contributed by atoms with Gasteiger partial charge < -0.3 is 14.5 Å². The van der Waals surface area contributed by atoms with Crippen LogP contribution in [0.25, 0.3) is 0 Å². The van der Waals surface area contributed by atoms with E-state index in [2.05, 4.69) is 6.92 Å². The van der Waals surface area contributed by atoms with Gasteiger partial charge in [0.1, 0.15) is 5.75 Å². The second kappa shape index (κ2) is 8.71. The van der Waals surface area contributed by atoms with E-state index < -0.39 is 0 Å². The van der Waals surface area contributed by atoms with Crippen molar-refractivity contribution in [2.75, 3.05) is 33.3 Å². The number of benzene rings is 1. The monoisotopic (exact) mass is 332 g/mol. The van der Waals surface area contributed by atoms with E-state index in [9.17, 15) is 9.59 Å². The highest BCUT2D eigenvalue weighted by Gasteiger charge is 2.23. The number of hydrogen-bond donors (Lipinski definition) is 0. The summed E-state index contributed by atoms with van der Waals surface area (Å²) in [6.45, 7) is 6.05. The molecule has 132 valence electrons. The third-order valence-electron chi connectivity index (χ3n) is 4.61. The number of carbonyl (C=O) groups is 2. The molecule has 24 heavy (non-hydrogen) atoms. The van der Waals surface area contributed by atoms with E-state index in [0.717, 1.165) is 37.2 Å². The number of piperidine rings is 1. The predicted molar refractivity (Wildman–Crippen MR) is 93.9 cm³/mol. The van der Waals surface area contributed by atoms with Crippen LogP contribution in [-0.4, -0.2) is 54.9 Å². The fourth-order valence-electron chi connectivity index (χ4n) is 3.08. The van der Waals surface area contributed by atoms with Crippen molar-refractivity contribution in [3.8, 4) is 5.75 Å². The molecule has 1 aromatic rings. The maximum Gasteiger partial charge on any atom is 0.242 e. The highest BCUT2D eigenvalue weighted by atomic mass is 16.5. The molecule has 1 aromatic carbocycles. The largest absolute Gasteiger partial charge is 0.497 e. The van der Waals surface area contributed by atoms with Crippen LogP contribution >= 0.6 is 0 Å². The third kappa shape index (κ3) is 5.25. The van der Waals surface area contributed by atoms with Gasteiger partial charge in [-0.05, 0) is 42.9 Å². The Bertz CT molecular complexity index is 556. The van der Waals surface area contributed by atoms with Gasteiger partial charge in [-0.1, -0.05) is 19.1 Å². The first-order valence-corrected chi connectivity index (χ1v) is 8.66. The number of methoxy groups -OCH3 is 1. The van der Waals surface area contributed by atoms with E-state index in [4.69, 9.17) is 4.74 Å². The molecule has 0 aromatic heterocycles. The molecule has 0 bridgehead atoms. The zero-order chi connectivity index (χ0) is 17.5. The van der Waals surface area contributed by atoms with E-state index in [-0.39, 0.29) is 18.4 Å². The van der Waals surface area contributed by atoms with Crippen LogP contribution in [0.1, 0.15) is 32.3 Å². The summed E-state index contributed by atoms with van der Waals surface area (Å²) in [6.07, 6.45) is 2.96. The number of amides is 2. The average molecular weight is 332 g/mol. The molecule has 1 fully saturated rings. The molecule has 1 atom stereocenters. The van der Waals surface area contributed by atoms with Gasteiger partial charge in [0.25, 0.3) is 0 Å². The fourth-order valence-corrected chi connectivity index (χ4v) is 3.08. The normalized spacial score (nSPS) is 17.5. The Morgan fingerprint density at radius 1 is 1.29 bits per heavy atom. The maximum absolute atomic E-state index is 12.5. The van der Waals surface area contributed by atoms with Gasteiger partial charge in [0.2, 0.25) is 11.8 Å². The smallest absolute Gasteiger partial charge is 0.242 e. The van der Waals surface area contributed by atoms with Crippen LogP contribution in [-0.2, 0) is 16.0 Å². The molecule has 1 saturated heterocycles. The fraction of sp³-hybridized carbons (Fsp3) is 0.579. The summed E-state index contributed by atoms with van der Waals surface area (Å²) in [7, 11) is 1.64. The van der Waals surface area contributed by atoms with Crippen LogP contribution in [0.2, 0.25) is 0 Å². The van der Waals surface area contributed by atoms with Crippen molar-refractivity contribution in [3.05, 3.63) is 29.8 Å². The first-order chi connectivity index (χ1) is 11.5. The zero-order valence-electron chi connectivity index (χ0n) is 15.0. The minimum absolute atomic E-state index is 0.0538. The Morgan fingerprint density at radius 3 is 2.58 bits per heavy atom. The quantitative estimate of drug-likeness (QED) is 0.803. The number of likely N-dealkylation sites (tertiary alicyclic amines) is 1. The molecule has 0 aliphatic carbocycles. The summed E-state index contributed by atoms with van der Waals surface area (Å²) in [5, 5.41) is 0. The Hall–Kier alpha value is -2.04. The first kappa shape index (κ1) is 18.3. The molecule has 2 amide bonds. The van der Waals surface area contributed by atoms with Crippen LogP contribution in [0.15, 0.2) is 24.3 Å². The van der Waals surface area contributed by atoms with Gasteiger partial charge in [0.05, 0.1) is 13.7 Å². The molecule has 1 heterocycles. The molecule has 0 N–H and O–H groups in total.